The van der Waals surface area contributed by atoms with Gasteiger partial charge in [-0.1, -0.05) is 0 Å². The molecular weight excluding hydrogens is 144 g/mol. The summed E-state index contributed by atoms with van der Waals surface area (Å²) in [7, 11) is 11.5. The van der Waals surface area contributed by atoms with Gasteiger partial charge in [-0.05, 0) is 4.94 Å². The van der Waals surface area contributed by atoms with Gasteiger partial charge < -0.3 is 4.74 Å². The zero-order valence-electron chi connectivity index (χ0n) is 8.42. The van der Waals surface area contributed by atoms with Gasteiger partial charge in [0.05, 0.1) is 0 Å². The predicted octanol–water partition coefficient (Wildman–Crippen LogP) is 0.220. The Hall–Kier alpha value is -0.160. The Labute approximate surface area is 69.0 Å². The second-order valence-electron chi connectivity index (χ2n) is 3.96. The fraction of sp³-hybridized carbons (Fsp3) is 1.00. The van der Waals surface area contributed by atoms with Crippen molar-refractivity contribution in [1.29, 1.82) is 0 Å². The van der Waals surface area contributed by atoms with Crippen LogP contribution in [0.1, 0.15) is 0 Å². The van der Waals surface area contributed by atoms with Gasteiger partial charge >= 0.3 is 0 Å². The highest BCUT2D eigenvalue weighted by Crippen LogP contribution is 2.04. The Balaban J connectivity index is 3.91. The second-order valence-corrected chi connectivity index (χ2v) is 3.96. The zero-order chi connectivity index (χ0) is 9.12. The summed E-state index contributed by atoms with van der Waals surface area (Å²) in [6.45, 7) is 0.551. The van der Waals surface area contributed by atoms with Crippen LogP contribution in [-0.2, 0) is 9.68 Å². The molecule has 68 valence electrons. The predicted molar refractivity (Wildman–Crippen MR) is 43.1 cm³/mol. The molecule has 0 spiro atoms. The van der Waals surface area contributed by atoms with Crippen LogP contribution >= 0.6 is 0 Å². The first-order chi connectivity index (χ1) is 4.77. The molecule has 0 aliphatic heterocycles. The van der Waals surface area contributed by atoms with E-state index in [0.717, 1.165) is 0 Å². The SMILES string of the molecule is COC[N+](C)(C)O[N+](C)(C)C. The van der Waals surface area contributed by atoms with Crippen molar-refractivity contribution in [2.75, 3.05) is 49.1 Å². The van der Waals surface area contributed by atoms with E-state index in [4.69, 9.17) is 9.68 Å². The molecule has 0 aromatic carbocycles. The molecular formula is C7H20N2O2+2. The average molecular weight is 164 g/mol. The molecule has 4 heteroatoms. The Kier molecular flexibility index (Phi) is 3.44. The lowest BCUT2D eigenvalue weighted by Crippen LogP contribution is -2.51. The molecule has 0 saturated carbocycles. The van der Waals surface area contributed by atoms with Crippen LogP contribution in [0.25, 0.3) is 0 Å². The van der Waals surface area contributed by atoms with Crippen LogP contribution in [0.2, 0.25) is 0 Å². The maximum Gasteiger partial charge on any atom is 0.217 e. The van der Waals surface area contributed by atoms with E-state index >= 15 is 0 Å². The zero-order valence-corrected chi connectivity index (χ0v) is 8.42. The van der Waals surface area contributed by atoms with E-state index in [1.54, 1.807) is 7.11 Å². The number of hydroxylamine groups is 6. The first kappa shape index (κ1) is 10.8. The summed E-state index contributed by atoms with van der Waals surface area (Å²) in [6, 6.07) is 0. The monoisotopic (exact) mass is 164 g/mol. The fourth-order valence-corrected chi connectivity index (χ4v) is 0.998. The topological polar surface area (TPSA) is 18.5 Å². The molecule has 0 amide bonds. The Morgan fingerprint density at radius 2 is 1.45 bits per heavy atom. The molecule has 4 nitrogen and oxygen atoms in total. The van der Waals surface area contributed by atoms with Gasteiger partial charge in [-0.3, -0.25) is 0 Å². The van der Waals surface area contributed by atoms with E-state index in [-0.39, 0.29) is 0 Å². The van der Waals surface area contributed by atoms with Crippen LogP contribution in [0.4, 0.5) is 0 Å². The first-order valence-electron chi connectivity index (χ1n) is 3.61. The van der Waals surface area contributed by atoms with E-state index in [1.165, 1.54) is 0 Å². The van der Waals surface area contributed by atoms with Crippen LogP contribution in [0.3, 0.4) is 0 Å². The van der Waals surface area contributed by atoms with Crippen LogP contribution in [0.5, 0.6) is 0 Å². The number of methoxy groups -OCH3 is 1. The number of ether oxygens (including phenoxy) is 1. The van der Waals surface area contributed by atoms with Crippen molar-refractivity contribution in [3.8, 4) is 0 Å². The fourth-order valence-electron chi connectivity index (χ4n) is 0.998. The Morgan fingerprint density at radius 1 is 1.00 bits per heavy atom. The van der Waals surface area contributed by atoms with Crippen molar-refractivity contribution in [2.24, 2.45) is 0 Å². The summed E-state index contributed by atoms with van der Waals surface area (Å²) >= 11 is 0. The normalized spacial score (nSPS) is 13.6. The third kappa shape index (κ3) is 6.25. The minimum atomic E-state index is 0.403. The molecule has 0 atom stereocenters. The molecule has 0 fully saturated rings. The molecule has 0 aliphatic rings. The average Bonchev–Trinajstić information content (AvgIpc) is 1.55. The molecule has 0 aromatic rings. The lowest BCUT2D eigenvalue weighted by atomic mass is 10.9. The maximum atomic E-state index is 5.62. The molecule has 0 saturated heterocycles. The van der Waals surface area contributed by atoms with Gasteiger partial charge in [0.15, 0.2) is 0 Å². The summed E-state index contributed by atoms with van der Waals surface area (Å²) in [5.74, 6) is 0. The van der Waals surface area contributed by atoms with Gasteiger partial charge in [0, 0.05) is 7.11 Å². The standard InChI is InChI=1S/C7H20N2O2/c1-8(2,3)11-9(4,5)7-10-6/h7H2,1-6H3/q+2. The molecule has 0 N–H and O–H groups in total. The summed E-state index contributed by atoms with van der Waals surface area (Å²) in [5.41, 5.74) is 0. The molecule has 0 bridgehead atoms. The Bertz CT molecular complexity index is 118. The van der Waals surface area contributed by atoms with Crippen LogP contribution in [-0.4, -0.2) is 58.4 Å². The van der Waals surface area contributed by atoms with E-state index in [2.05, 4.69) is 0 Å². The van der Waals surface area contributed by atoms with Crippen LogP contribution in [0.15, 0.2) is 0 Å². The van der Waals surface area contributed by atoms with E-state index < -0.39 is 0 Å². The molecule has 0 unspecified atom stereocenters. The molecule has 0 radical (unpaired) electrons. The lowest BCUT2D eigenvalue weighted by molar-refractivity contribution is -1.32. The van der Waals surface area contributed by atoms with Gasteiger partial charge in [0.2, 0.25) is 6.73 Å². The van der Waals surface area contributed by atoms with Gasteiger partial charge in [-0.25, -0.2) is 0 Å². The van der Waals surface area contributed by atoms with E-state index in [1.807, 2.05) is 35.2 Å². The van der Waals surface area contributed by atoms with E-state index in [0.29, 0.717) is 16.0 Å². The van der Waals surface area contributed by atoms with Crippen LogP contribution in [0, 0.1) is 0 Å². The molecule has 0 aromatic heterocycles. The van der Waals surface area contributed by atoms with E-state index in [9.17, 15) is 0 Å². The molecule has 0 rings (SSSR count). The Morgan fingerprint density at radius 3 is 1.73 bits per heavy atom. The van der Waals surface area contributed by atoms with Crippen molar-refractivity contribution in [3.05, 3.63) is 0 Å². The highest BCUT2D eigenvalue weighted by atomic mass is 16.9. The number of rotatable bonds is 4. The van der Waals surface area contributed by atoms with Crippen molar-refractivity contribution < 1.29 is 19.0 Å². The smallest absolute Gasteiger partial charge is 0.217 e. The third-order valence-corrected chi connectivity index (χ3v) is 0.906. The van der Waals surface area contributed by atoms with Gasteiger partial charge in [-0.2, -0.15) is 0 Å². The highest BCUT2D eigenvalue weighted by molar-refractivity contribution is 3.94. The second kappa shape index (κ2) is 3.49. The maximum absolute atomic E-state index is 5.62. The van der Waals surface area contributed by atoms with Gasteiger partial charge in [-0.15, -0.1) is 9.29 Å². The van der Waals surface area contributed by atoms with Crippen molar-refractivity contribution in [2.45, 2.75) is 0 Å². The molecule has 0 heterocycles. The van der Waals surface area contributed by atoms with Gasteiger partial charge in [0.25, 0.3) is 0 Å². The number of hydrogen-bond acceptors (Lipinski definition) is 2. The summed E-state index contributed by atoms with van der Waals surface area (Å²) in [5, 5.41) is 0. The highest BCUT2D eigenvalue weighted by Gasteiger charge is 2.26. The van der Waals surface area contributed by atoms with Crippen molar-refractivity contribution >= 4 is 0 Å². The summed E-state index contributed by atoms with van der Waals surface area (Å²) < 4.78 is 5.86. The largest absolute Gasteiger partial charge is 0.332 e. The van der Waals surface area contributed by atoms with Gasteiger partial charge in [0.1, 0.15) is 35.2 Å². The quantitative estimate of drug-likeness (QED) is 0.336. The molecule has 11 heavy (non-hydrogen) atoms. The van der Waals surface area contributed by atoms with Crippen molar-refractivity contribution in [1.82, 2.24) is 0 Å². The third-order valence-electron chi connectivity index (χ3n) is 0.906. The number of quaternary nitrogens is 2. The van der Waals surface area contributed by atoms with Crippen molar-refractivity contribution in [3.63, 3.8) is 0 Å². The number of hydrogen-bond donors (Lipinski definition) is 0. The minimum absolute atomic E-state index is 0.403. The first-order valence-corrected chi connectivity index (χ1v) is 3.61. The minimum Gasteiger partial charge on any atom is -0.332 e. The molecule has 0 aliphatic carbocycles. The van der Waals surface area contributed by atoms with Crippen LogP contribution < -0.4 is 0 Å². The number of nitrogens with zero attached hydrogens (tertiary/aromatic N) is 2. The summed E-state index contributed by atoms with van der Waals surface area (Å²) in [4.78, 5) is 5.62. The lowest BCUT2D eigenvalue weighted by Gasteiger charge is -2.30. The summed E-state index contributed by atoms with van der Waals surface area (Å²) in [6.07, 6.45) is 0.